The standard InChI is InChI=1S/C22H30N2O2/c1-15-3-8-20(12-22(15)24)26-14-18-6-4-17(5-7-18)13-25-19-9-10-21(23)16(2)11-19/h3,8-12,17-18H,4-7,13-14,23-24H2,1-2H3. The number of rotatable bonds is 6. The molecule has 0 radical (unpaired) electrons. The van der Waals surface area contributed by atoms with Crippen LogP contribution in [-0.2, 0) is 0 Å². The van der Waals surface area contributed by atoms with Crippen LogP contribution in [0, 0.1) is 25.7 Å². The van der Waals surface area contributed by atoms with Gasteiger partial charge < -0.3 is 20.9 Å². The minimum Gasteiger partial charge on any atom is -0.493 e. The highest BCUT2D eigenvalue weighted by Crippen LogP contribution is 2.30. The highest BCUT2D eigenvalue weighted by Gasteiger charge is 2.22. The quantitative estimate of drug-likeness (QED) is 0.736. The van der Waals surface area contributed by atoms with Gasteiger partial charge in [-0.1, -0.05) is 6.07 Å². The number of aryl methyl sites for hydroxylation is 2. The summed E-state index contributed by atoms with van der Waals surface area (Å²) < 4.78 is 11.9. The van der Waals surface area contributed by atoms with Crippen LogP contribution in [0.4, 0.5) is 11.4 Å². The van der Waals surface area contributed by atoms with E-state index in [9.17, 15) is 0 Å². The van der Waals surface area contributed by atoms with Gasteiger partial charge in [-0.2, -0.15) is 0 Å². The molecule has 0 spiro atoms. The van der Waals surface area contributed by atoms with Crippen LogP contribution < -0.4 is 20.9 Å². The smallest absolute Gasteiger partial charge is 0.121 e. The van der Waals surface area contributed by atoms with Crippen molar-refractivity contribution in [2.24, 2.45) is 11.8 Å². The zero-order valence-electron chi connectivity index (χ0n) is 15.8. The molecule has 1 fully saturated rings. The highest BCUT2D eigenvalue weighted by molar-refractivity contribution is 5.50. The van der Waals surface area contributed by atoms with E-state index in [1.165, 1.54) is 25.7 Å². The summed E-state index contributed by atoms with van der Waals surface area (Å²) in [6.45, 7) is 5.57. The van der Waals surface area contributed by atoms with E-state index in [0.29, 0.717) is 11.8 Å². The summed E-state index contributed by atoms with van der Waals surface area (Å²) in [4.78, 5) is 0. The Morgan fingerprint density at radius 3 is 1.81 bits per heavy atom. The van der Waals surface area contributed by atoms with Crippen LogP contribution in [0.1, 0.15) is 36.8 Å². The van der Waals surface area contributed by atoms with Gasteiger partial charge in [-0.3, -0.25) is 0 Å². The van der Waals surface area contributed by atoms with Crippen molar-refractivity contribution in [1.82, 2.24) is 0 Å². The topological polar surface area (TPSA) is 70.5 Å². The van der Waals surface area contributed by atoms with Crippen molar-refractivity contribution in [1.29, 1.82) is 0 Å². The average Bonchev–Trinajstić information content (AvgIpc) is 2.64. The molecule has 4 heteroatoms. The summed E-state index contributed by atoms with van der Waals surface area (Å²) in [5.41, 5.74) is 15.6. The van der Waals surface area contributed by atoms with Gasteiger partial charge in [-0.05, 0) is 86.8 Å². The Morgan fingerprint density at radius 1 is 0.731 bits per heavy atom. The first-order valence-corrected chi connectivity index (χ1v) is 9.49. The van der Waals surface area contributed by atoms with E-state index in [4.69, 9.17) is 20.9 Å². The molecular weight excluding hydrogens is 324 g/mol. The molecule has 26 heavy (non-hydrogen) atoms. The molecule has 0 unspecified atom stereocenters. The van der Waals surface area contributed by atoms with Crippen molar-refractivity contribution in [2.75, 3.05) is 24.7 Å². The Morgan fingerprint density at radius 2 is 1.27 bits per heavy atom. The zero-order valence-corrected chi connectivity index (χ0v) is 15.8. The summed E-state index contributed by atoms with van der Waals surface area (Å²) in [6.07, 6.45) is 4.77. The SMILES string of the molecule is Cc1cc(OCC2CCC(COc3ccc(C)c(N)c3)CC2)ccc1N. The van der Waals surface area contributed by atoms with Crippen LogP contribution in [-0.4, -0.2) is 13.2 Å². The van der Waals surface area contributed by atoms with Gasteiger partial charge in [0, 0.05) is 17.4 Å². The summed E-state index contributed by atoms with van der Waals surface area (Å²) >= 11 is 0. The van der Waals surface area contributed by atoms with Crippen molar-refractivity contribution in [3.8, 4) is 11.5 Å². The summed E-state index contributed by atoms with van der Waals surface area (Å²) in [5, 5.41) is 0. The molecule has 3 rings (SSSR count). The number of hydrogen-bond donors (Lipinski definition) is 2. The van der Waals surface area contributed by atoms with Gasteiger partial charge in [-0.15, -0.1) is 0 Å². The number of nitrogens with two attached hydrogens (primary N) is 2. The summed E-state index contributed by atoms with van der Waals surface area (Å²) in [7, 11) is 0. The van der Waals surface area contributed by atoms with Gasteiger partial charge in [-0.25, -0.2) is 0 Å². The van der Waals surface area contributed by atoms with Crippen molar-refractivity contribution >= 4 is 11.4 Å². The van der Waals surface area contributed by atoms with Gasteiger partial charge in [0.1, 0.15) is 11.5 Å². The summed E-state index contributed by atoms with van der Waals surface area (Å²) in [5.74, 6) is 3.03. The molecule has 0 saturated heterocycles. The van der Waals surface area contributed by atoms with Crippen molar-refractivity contribution < 1.29 is 9.47 Å². The second-order valence-electron chi connectivity index (χ2n) is 7.55. The van der Waals surface area contributed by atoms with E-state index in [0.717, 1.165) is 47.2 Å². The lowest BCUT2D eigenvalue weighted by atomic mass is 9.83. The summed E-state index contributed by atoms with van der Waals surface area (Å²) in [6, 6.07) is 11.8. The average molecular weight is 354 g/mol. The van der Waals surface area contributed by atoms with Crippen LogP contribution >= 0.6 is 0 Å². The molecule has 0 amide bonds. The molecule has 1 aliphatic carbocycles. The number of hydrogen-bond acceptors (Lipinski definition) is 4. The molecule has 2 aromatic rings. The molecule has 4 nitrogen and oxygen atoms in total. The van der Waals surface area contributed by atoms with E-state index in [1.807, 2.05) is 50.2 Å². The third-order valence-electron chi connectivity index (χ3n) is 5.43. The number of anilines is 2. The molecule has 0 heterocycles. The maximum absolute atomic E-state index is 5.97. The van der Waals surface area contributed by atoms with Crippen LogP contribution in [0.3, 0.4) is 0 Å². The molecule has 2 aromatic carbocycles. The lowest BCUT2D eigenvalue weighted by Crippen LogP contribution is -2.23. The minimum atomic E-state index is 0.618. The Bertz CT molecular complexity index is 673. The number of benzene rings is 2. The second-order valence-corrected chi connectivity index (χ2v) is 7.55. The van der Waals surface area contributed by atoms with Crippen LogP contribution in [0.2, 0.25) is 0 Å². The van der Waals surface area contributed by atoms with Crippen molar-refractivity contribution in [3.63, 3.8) is 0 Å². The fourth-order valence-corrected chi connectivity index (χ4v) is 3.44. The van der Waals surface area contributed by atoms with Crippen LogP contribution in [0.15, 0.2) is 36.4 Å². The Balaban J connectivity index is 1.39. The van der Waals surface area contributed by atoms with E-state index in [-0.39, 0.29) is 0 Å². The van der Waals surface area contributed by atoms with E-state index < -0.39 is 0 Å². The monoisotopic (exact) mass is 354 g/mol. The molecule has 4 N–H and O–H groups in total. The molecule has 0 aromatic heterocycles. The lowest BCUT2D eigenvalue weighted by molar-refractivity contribution is 0.148. The second kappa shape index (κ2) is 8.35. The van der Waals surface area contributed by atoms with E-state index in [1.54, 1.807) is 0 Å². The molecule has 0 atom stereocenters. The van der Waals surface area contributed by atoms with Crippen LogP contribution in [0.25, 0.3) is 0 Å². The maximum Gasteiger partial charge on any atom is 0.121 e. The Labute approximate surface area is 156 Å². The fraction of sp³-hybridized carbons (Fsp3) is 0.455. The fourth-order valence-electron chi connectivity index (χ4n) is 3.44. The molecule has 140 valence electrons. The first-order valence-electron chi connectivity index (χ1n) is 9.49. The third kappa shape index (κ3) is 4.84. The van der Waals surface area contributed by atoms with Gasteiger partial charge in [0.25, 0.3) is 0 Å². The minimum absolute atomic E-state index is 0.618. The number of nitrogen functional groups attached to an aromatic ring is 2. The molecule has 1 saturated carbocycles. The predicted octanol–water partition coefficient (Wildman–Crippen LogP) is 4.73. The van der Waals surface area contributed by atoms with Crippen molar-refractivity contribution in [2.45, 2.75) is 39.5 Å². The normalized spacial score (nSPS) is 19.9. The first-order chi connectivity index (χ1) is 12.5. The van der Waals surface area contributed by atoms with Gasteiger partial charge in [0.05, 0.1) is 13.2 Å². The molecule has 0 bridgehead atoms. The number of ether oxygens (including phenoxy) is 2. The predicted molar refractivity (Wildman–Crippen MR) is 108 cm³/mol. The molecule has 1 aliphatic rings. The Hall–Kier alpha value is -2.36. The highest BCUT2D eigenvalue weighted by atomic mass is 16.5. The first kappa shape index (κ1) is 18.4. The van der Waals surface area contributed by atoms with Gasteiger partial charge in [0.2, 0.25) is 0 Å². The lowest BCUT2D eigenvalue weighted by Gasteiger charge is -2.28. The van der Waals surface area contributed by atoms with Crippen LogP contribution in [0.5, 0.6) is 11.5 Å². The van der Waals surface area contributed by atoms with E-state index >= 15 is 0 Å². The Kier molecular flexibility index (Phi) is 5.92. The molecule has 0 aliphatic heterocycles. The largest absolute Gasteiger partial charge is 0.493 e. The maximum atomic E-state index is 5.97. The van der Waals surface area contributed by atoms with Gasteiger partial charge in [0.15, 0.2) is 0 Å². The van der Waals surface area contributed by atoms with Crippen molar-refractivity contribution in [3.05, 3.63) is 47.5 Å². The van der Waals surface area contributed by atoms with E-state index in [2.05, 4.69) is 0 Å². The zero-order chi connectivity index (χ0) is 18.5. The molecular formula is C22H30N2O2. The third-order valence-corrected chi connectivity index (χ3v) is 5.43. The van der Waals surface area contributed by atoms with Gasteiger partial charge >= 0.3 is 0 Å².